The second kappa shape index (κ2) is 2.98. The van der Waals surface area contributed by atoms with Gasteiger partial charge < -0.3 is 15.0 Å². The number of nitrogens with zero attached hydrogens (tertiary/aromatic N) is 2. The highest BCUT2D eigenvalue weighted by Gasteiger charge is 2.32. The van der Waals surface area contributed by atoms with E-state index < -0.39 is 12.0 Å². The predicted octanol–water partition coefficient (Wildman–Crippen LogP) is 0.813. The van der Waals surface area contributed by atoms with Crippen LogP contribution in [0.25, 0.3) is 0 Å². The summed E-state index contributed by atoms with van der Waals surface area (Å²) in [4.78, 5) is 15.6. The first-order valence-electron chi connectivity index (χ1n) is 5.34. The number of carboxylic acids is 1. The minimum Gasteiger partial charge on any atom is -0.480 e. The van der Waals surface area contributed by atoms with Crippen molar-refractivity contribution >= 4 is 11.8 Å². The third kappa shape index (κ3) is 1.15. The number of hydrogen-bond donors (Lipinski definition) is 2. The predicted molar refractivity (Wildman–Crippen MR) is 54.0 cm³/mol. The summed E-state index contributed by atoms with van der Waals surface area (Å²) in [5.41, 5.74) is 1.04. The molecular weight excluding hydrogens is 194 g/mol. The number of fused-ring (bicyclic) bond motifs is 3. The van der Waals surface area contributed by atoms with E-state index in [1.807, 2.05) is 4.57 Å². The molecule has 0 amide bonds. The molecule has 0 aliphatic carbocycles. The average molecular weight is 207 g/mol. The topological polar surface area (TPSA) is 67.1 Å². The Kier molecular flexibility index (Phi) is 1.74. The normalized spacial score (nSPS) is 23.1. The number of hydrogen-bond acceptors (Lipinski definition) is 3. The first kappa shape index (κ1) is 8.76. The van der Waals surface area contributed by atoms with Gasteiger partial charge in [0.1, 0.15) is 17.7 Å². The molecule has 2 N–H and O–H groups in total. The molecule has 1 aromatic rings. The minimum absolute atomic E-state index is 0.421. The summed E-state index contributed by atoms with van der Waals surface area (Å²) in [7, 11) is 0. The van der Waals surface area contributed by atoms with Gasteiger partial charge in [-0.1, -0.05) is 0 Å². The van der Waals surface area contributed by atoms with Crippen LogP contribution in [0.15, 0.2) is 0 Å². The molecule has 3 heterocycles. The van der Waals surface area contributed by atoms with Gasteiger partial charge in [0.2, 0.25) is 0 Å². The number of aromatic nitrogens is 2. The van der Waals surface area contributed by atoms with Gasteiger partial charge in [0.25, 0.3) is 0 Å². The lowest BCUT2D eigenvalue weighted by molar-refractivity contribution is -0.141. The van der Waals surface area contributed by atoms with Gasteiger partial charge in [-0.2, -0.15) is 0 Å². The van der Waals surface area contributed by atoms with Crippen molar-refractivity contribution in [2.24, 2.45) is 0 Å². The van der Waals surface area contributed by atoms with Crippen LogP contribution < -0.4 is 5.32 Å². The maximum atomic E-state index is 11.1. The second-order valence-corrected chi connectivity index (χ2v) is 4.12. The van der Waals surface area contributed by atoms with Gasteiger partial charge in [-0.25, -0.2) is 9.78 Å². The van der Waals surface area contributed by atoms with Gasteiger partial charge in [0, 0.05) is 19.4 Å². The molecule has 0 bridgehead atoms. The summed E-state index contributed by atoms with van der Waals surface area (Å²) in [6, 6.07) is -0.421. The molecule has 0 saturated heterocycles. The number of aliphatic carboxylic acids is 1. The molecule has 1 aromatic heterocycles. The molecule has 0 radical (unpaired) electrons. The van der Waals surface area contributed by atoms with E-state index >= 15 is 0 Å². The Morgan fingerprint density at radius 2 is 2.40 bits per heavy atom. The van der Waals surface area contributed by atoms with Crippen LogP contribution in [0.2, 0.25) is 0 Å². The van der Waals surface area contributed by atoms with Gasteiger partial charge in [-0.3, -0.25) is 0 Å². The Labute approximate surface area is 87.1 Å². The quantitative estimate of drug-likeness (QED) is 0.715. The number of imidazole rings is 1. The van der Waals surface area contributed by atoms with Gasteiger partial charge >= 0.3 is 5.97 Å². The van der Waals surface area contributed by atoms with Crippen molar-refractivity contribution in [3.63, 3.8) is 0 Å². The fourth-order valence-electron chi connectivity index (χ4n) is 2.52. The Morgan fingerprint density at radius 1 is 1.53 bits per heavy atom. The highest BCUT2D eigenvalue weighted by atomic mass is 16.4. The zero-order valence-corrected chi connectivity index (χ0v) is 8.36. The van der Waals surface area contributed by atoms with E-state index in [-0.39, 0.29) is 0 Å². The van der Waals surface area contributed by atoms with E-state index in [0.717, 1.165) is 43.1 Å². The lowest BCUT2D eigenvalue weighted by Gasteiger charge is -2.23. The molecule has 0 fully saturated rings. The first-order chi connectivity index (χ1) is 7.27. The number of anilines is 1. The number of carboxylic acid groups (broad SMARTS) is 1. The van der Waals surface area contributed by atoms with Gasteiger partial charge in [0.05, 0.1) is 5.69 Å². The van der Waals surface area contributed by atoms with Crippen LogP contribution in [-0.2, 0) is 17.6 Å². The molecule has 0 saturated carbocycles. The van der Waals surface area contributed by atoms with E-state index in [2.05, 4.69) is 10.3 Å². The molecule has 5 heteroatoms. The van der Waals surface area contributed by atoms with Crippen molar-refractivity contribution in [2.75, 3.05) is 11.9 Å². The van der Waals surface area contributed by atoms with Crippen molar-refractivity contribution in [3.8, 4) is 0 Å². The number of rotatable bonds is 1. The van der Waals surface area contributed by atoms with E-state index in [9.17, 15) is 4.79 Å². The maximum Gasteiger partial charge on any atom is 0.326 e. The SMILES string of the molecule is O=C(O)C1CCCc2nc3c(n21)NCC3. The van der Waals surface area contributed by atoms with Crippen LogP contribution in [-0.4, -0.2) is 27.2 Å². The largest absolute Gasteiger partial charge is 0.480 e. The van der Waals surface area contributed by atoms with Crippen molar-refractivity contribution in [2.45, 2.75) is 31.7 Å². The molecule has 3 rings (SSSR count). The standard InChI is InChI=1S/C10H13N3O2/c14-10(15)7-2-1-3-8-12-6-4-5-11-9(6)13(7)8/h7,11H,1-5H2,(H,14,15). The summed E-state index contributed by atoms with van der Waals surface area (Å²) in [6.45, 7) is 0.879. The number of aryl methyl sites for hydroxylation is 1. The molecule has 2 aliphatic heterocycles. The minimum atomic E-state index is -0.746. The Hall–Kier alpha value is -1.52. The van der Waals surface area contributed by atoms with Gasteiger partial charge in [-0.05, 0) is 12.8 Å². The Morgan fingerprint density at radius 3 is 3.20 bits per heavy atom. The summed E-state index contributed by atoms with van der Waals surface area (Å²) in [5, 5.41) is 12.4. The first-order valence-corrected chi connectivity index (χ1v) is 5.34. The van der Waals surface area contributed by atoms with Crippen molar-refractivity contribution in [1.82, 2.24) is 9.55 Å². The van der Waals surface area contributed by atoms with E-state index in [0.29, 0.717) is 6.42 Å². The summed E-state index contributed by atoms with van der Waals surface area (Å²) in [6.07, 6.45) is 3.46. The Balaban J connectivity index is 2.12. The molecule has 5 nitrogen and oxygen atoms in total. The van der Waals surface area contributed by atoms with Gasteiger partial charge in [0.15, 0.2) is 0 Å². The van der Waals surface area contributed by atoms with Gasteiger partial charge in [-0.15, -0.1) is 0 Å². The number of carbonyl (C=O) groups is 1. The monoisotopic (exact) mass is 207 g/mol. The lowest BCUT2D eigenvalue weighted by atomic mass is 10.0. The molecule has 0 aromatic carbocycles. The summed E-state index contributed by atoms with van der Waals surface area (Å²) >= 11 is 0. The molecular formula is C10H13N3O2. The zero-order valence-electron chi connectivity index (χ0n) is 8.36. The molecule has 2 aliphatic rings. The van der Waals surface area contributed by atoms with Crippen molar-refractivity contribution in [3.05, 3.63) is 11.5 Å². The van der Waals surface area contributed by atoms with Crippen molar-refractivity contribution < 1.29 is 9.90 Å². The summed E-state index contributed by atoms with van der Waals surface area (Å²) in [5.74, 6) is 1.13. The van der Waals surface area contributed by atoms with E-state index in [1.165, 1.54) is 0 Å². The summed E-state index contributed by atoms with van der Waals surface area (Å²) < 4.78 is 1.88. The van der Waals surface area contributed by atoms with Crippen LogP contribution >= 0.6 is 0 Å². The third-order valence-corrected chi connectivity index (χ3v) is 3.19. The third-order valence-electron chi connectivity index (χ3n) is 3.19. The second-order valence-electron chi connectivity index (χ2n) is 4.12. The molecule has 0 spiro atoms. The van der Waals surface area contributed by atoms with Crippen LogP contribution in [0.3, 0.4) is 0 Å². The molecule has 1 atom stereocenters. The average Bonchev–Trinajstić information content (AvgIpc) is 2.75. The van der Waals surface area contributed by atoms with Crippen LogP contribution in [0.4, 0.5) is 5.82 Å². The van der Waals surface area contributed by atoms with Crippen LogP contribution in [0.1, 0.15) is 30.4 Å². The fourth-order valence-corrected chi connectivity index (χ4v) is 2.52. The van der Waals surface area contributed by atoms with E-state index in [4.69, 9.17) is 5.11 Å². The highest BCUT2D eigenvalue weighted by molar-refractivity contribution is 5.73. The molecule has 1 unspecified atom stereocenters. The highest BCUT2D eigenvalue weighted by Crippen LogP contribution is 2.33. The number of nitrogens with one attached hydrogen (secondary N) is 1. The molecule has 80 valence electrons. The van der Waals surface area contributed by atoms with E-state index in [1.54, 1.807) is 0 Å². The van der Waals surface area contributed by atoms with Crippen molar-refractivity contribution in [1.29, 1.82) is 0 Å². The Bertz CT molecular complexity index is 425. The molecule has 15 heavy (non-hydrogen) atoms. The van der Waals surface area contributed by atoms with Crippen LogP contribution in [0, 0.1) is 0 Å². The van der Waals surface area contributed by atoms with Crippen LogP contribution in [0.5, 0.6) is 0 Å². The zero-order chi connectivity index (χ0) is 10.4. The smallest absolute Gasteiger partial charge is 0.326 e. The maximum absolute atomic E-state index is 11.1. The fraction of sp³-hybridized carbons (Fsp3) is 0.600. The lowest BCUT2D eigenvalue weighted by Crippen LogP contribution is -2.26.